The molecule has 2 aromatic rings. The lowest BCUT2D eigenvalue weighted by Crippen LogP contribution is -2.24. The topological polar surface area (TPSA) is 46.6 Å². The maximum absolute atomic E-state index is 13.0. The van der Waals surface area contributed by atoms with E-state index < -0.39 is 17.5 Å². The quantitative estimate of drug-likeness (QED) is 0.789. The molecule has 0 aliphatic carbocycles. The second-order valence-electron chi connectivity index (χ2n) is 4.33. The van der Waals surface area contributed by atoms with Crippen molar-refractivity contribution >= 4 is 23.1 Å². The van der Waals surface area contributed by atoms with Gasteiger partial charge in [-0.2, -0.15) is 0 Å². The van der Waals surface area contributed by atoms with Crippen molar-refractivity contribution in [2.24, 2.45) is 0 Å². The van der Waals surface area contributed by atoms with Gasteiger partial charge in [0.25, 0.3) is 5.78 Å². The molecule has 4 nitrogen and oxygen atoms in total. The number of ether oxygens (including phenoxy) is 1. The van der Waals surface area contributed by atoms with Crippen molar-refractivity contribution in [3.63, 3.8) is 0 Å². The number of amides is 1. The molecule has 0 aromatic heterocycles. The summed E-state index contributed by atoms with van der Waals surface area (Å²) in [4.78, 5) is 25.4. The maximum atomic E-state index is 13.0. The van der Waals surface area contributed by atoms with Crippen molar-refractivity contribution in [1.29, 1.82) is 0 Å². The molecule has 0 atom stereocenters. The molecule has 0 unspecified atom stereocenters. The summed E-state index contributed by atoms with van der Waals surface area (Å²) in [5.74, 6) is -1.14. The van der Waals surface area contributed by atoms with Gasteiger partial charge in [-0.15, -0.1) is 0 Å². The van der Waals surface area contributed by atoms with E-state index in [1.54, 1.807) is 12.1 Å². The molecule has 0 saturated heterocycles. The number of benzene rings is 2. The van der Waals surface area contributed by atoms with Crippen LogP contribution < -0.4 is 9.64 Å². The number of carbonyl (C=O) groups is 2. The molecule has 1 aliphatic rings. The van der Waals surface area contributed by atoms with Gasteiger partial charge in [-0.05, 0) is 42.5 Å². The highest BCUT2D eigenvalue weighted by Gasteiger charge is 2.37. The summed E-state index contributed by atoms with van der Waals surface area (Å²) in [7, 11) is 1.49. The fourth-order valence-electron chi connectivity index (χ4n) is 2.19. The number of ketones is 1. The first kappa shape index (κ1) is 12.3. The van der Waals surface area contributed by atoms with Crippen LogP contribution in [0.4, 0.5) is 15.8 Å². The maximum Gasteiger partial charge on any atom is 0.304 e. The van der Waals surface area contributed by atoms with E-state index in [4.69, 9.17) is 4.74 Å². The highest BCUT2D eigenvalue weighted by Crippen LogP contribution is 2.37. The van der Waals surface area contributed by atoms with Crippen LogP contribution in [0.1, 0.15) is 10.4 Å². The van der Waals surface area contributed by atoms with Gasteiger partial charge in [-0.1, -0.05) is 0 Å². The molecule has 1 aliphatic heterocycles. The predicted molar refractivity (Wildman–Crippen MR) is 70.9 cm³/mol. The van der Waals surface area contributed by atoms with Gasteiger partial charge < -0.3 is 4.74 Å². The van der Waals surface area contributed by atoms with Gasteiger partial charge in [-0.25, -0.2) is 4.39 Å². The molecular weight excluding hydrogens is 261 g/mol. The second kappa shape index (κ2) is 4.45. The van der Waals surface area contributed by atoms with Crippen molar-refractivity contribution in [3.8, 4) is 5.75 Å². The fourth-order valence-corrected chi connectivity index (χ4v) is 2.19. The molecule has 0 radical (unpaired) electrons. The number of Topliss-reactive ketones (excluding diaryl/α,β-unsaturated/α-hetero) is 1. The van der Waals surface area contributed by atoms with E-state index in [0.29, 0.717) is 22.7 Å². The number of methoxy groups -OCH3 is 1. The third-order valence-electron chi connectivity index (χ3n) is 3.17. The molecule has 2 aromatic carbocycles. The fraction of sp³-hybridized carbons (Fsp3) is 0.0667. The Kier molecular flexibility index (Phi) is 2.75. The molecule has 0 fully saturated rings. The van der Waals surface area contributed by atoms with E-state index in [0.717, 1.165) is 0 Å². The highest BCUT2D eigenvalue weighted by atomic mass is 19.1. The monoisotopic (exact) mass is 271 g/mol. The van der Waals surface area contributed by atoms with Crippen LogP contribution in [0.2, 0.25) is 0 Å². The minimum atomic E-state index is -0.653. The summed E-state index contributed by atoms with van der Waals surface area (Å²) in [6.07, 6.45) is 0. The molecule has 3 rings (SSSR count). The number of anilines is 2. The Labute approximate surface area is 114 Å². The Morgan fingerprint density at radius 1 is 1.05 bits per heavy atom. The van der Waals surface area contributed by atoms with Crippen LogP contribution in [0, 0.1) is 5.82 Å². The van der Waals surface area contributed by atoms with E-state index in [9.17, 15) is 14.0 Å². The summed E-state index contributed by atoms with van der Waals surface area (Å²) in [5.41, 5.74) is 1.22. The van der Waals surface area contributed by atoms with E-state index in [2.05, 4.69) is 0 Å². The minimum absolute atomic E-state index is 0.290. The standard InChI is InChI=1S/C15H10FNO3/c1-20-11-6-7-13-12(8-11)14(18)15(19)17(13)10-4-2-9(16)3-5-10/h2-8H,1H3. The van der Waals surface area contributed by atoms with E-state index in [1.165, 1.54) is 42.3 Å². The normalized spacial score (nSPS) is 13.6. The van der Waals surface area contributed by atoms with Gasteiger partial charge in [-0.3, -0.25) is 14.5 Å². The van der Waals surface area contributed by atoms with E-state index in [-0.39, 0.29) is 0 Å². The summed E-state index contributed by atoms with van der Waals surface area (Å²) >= 11 is 0. The molecule has 5 heteroatoms. The van der Waals surface area contributed by atoms with Gasteiger partial charge >= 0.3 is 5.91 Å². The molecule has 1 heterocycles. The van der Waals surface area contributed by atoms with Crippen LogP contribution in [-0.4, -0.2) is 18.8 Å². The third kappa shape index (κ3) is 1.75. The van der Waals surface area contributed by atoms with Crippen LogP contribution in [0.25, 0.3) is 0 Å². The lowest BCUT2D eigenvalue weighted by atomic mass is 10.1. The van der Waals surface area contributed by atoms with Crippen molar-refractivity contribution in [1.82, 2.24) is 0 Å². The third-order valence-corrected chi connectivity index (χ3v) is 3.17. The summed E-state index contributed by atoms with van der Waals surface area (Å²) in [5, 5.41) is 0. The first-order valence-electron chi connectivity index (χ1n) is 5.94. The summed E-state index contributed by atoms with van der Waals surface area (Å²) in [6, 6.07) is 10.2. The average molecular weight is 271 g/mol. The zero-order valence-corrected chi connectivity index (χ0v) is 10.6. The Balaban J connectivity index is 2.13. The molecule has 1 amide bonds. The van der Waals surface area contributed by atoms with Gasteiger partial charge in [0, 0.05) is 5.69 Å². The molecule has 0 spiro atoms. The summed E-state index contributed by atoms with van der Waals surface area (Å²) in [6.45, 7) is 0. The van der Waals surface area contributed by atoms with Crippen molar-refractivity contribution in [2.75, 3.05) is 12.0 Å². The van der Waals surface area contributed by atoms with Gasteiger partial charge in [0.05, 0.1) is 18.4 Å². The molecule has 0 N–H and O–H groups in total. The highest BCUT2D eigenvalue weighted by molar-refractivity contribution is 6.53. The first-order valence-corrected chi connectivity index (χ1v) is 5.94. The molecule has 0 bridgehead atoms. The van der Waals surface area contributed by atoms with Crippen LogP contribution in [0.5, 0.6) is 5.75 Å². The van der Waals surface area contributed by atoms with Gasteiger partial charge in [0.2, 0.25) is 0 Å². The first-order chi connectivity index (χ1) is 9.61. The smallest absolute Gasteiger partial charge is 0.304 e. The van der Waals surface area contributed by atoms with Crippen LogP contribution in [0.3, 0.4) is 0 Å². The SMILES string of the molecule is COc1ccc2c(c1)C(=O)C(=O)N2c1ccc(F)cc1. The van der Waals surface area contributed by atoms with Gasteiger partial charge in [0.1, 0.15) is 11.6 Å². The molecule has 20 heavy (non-hydrogen) atoms. The average Bonchev–Trinajstić information content (AvgIpc) is 2.72. The largest absolute Gasteiger partial charge is 0.497 e. The van der Waals surface area contributed by atoms with E-state index in [1.807, 2.05) is 0 Å². The zero-order chi connectivity index (χ0) is 14.3. The van der Waals surface area contributed by atoms with Crippen LogP contribution >= 0.6 is 0 Å². The molecule has 0 saturated carbocycles. The van der Waals surface area contributed by atoms with Crippen molar-refractivity contribution in [3.05, 3.63) is 53.8 Å². The van der Waals surface area contributed by atoms with Crippen molar-refractivity contribution < 1.29 is 18.7 Å². The van der Waals surface area contributed by atoms with Crippen LogP contribution in [-0.2, 0) is 4.79 Å². The minimum Gasteiger partial charge on any atom is -0.497 e. The number of nitrogens with zero attached hydrogens (tertiary/aromatic N) is 1. The van der Waals surface area contributed by atoms with E-state index >= 15 is 0 Å². The van der Waals surface area contributed by atoms with Crippen LogP contribution in [0.15, 0.2) is 42.5 Å². The Morgan fingerprint density at radius 2 is 1.75 bits per heavy atom. The molecular formula is C15H10FNO3. The van der Waals surface area contributed by atoms with Crippen molar-refractivity contribution in [2.45, 2.75) is 0 Å². The van der Waals surface area contributed by atoms with Gasteiger partial charge in [0.15, 0.2) is 0 Å². The predicted octanol–water partition coefficient (Wildman–Crippen LogP) is 2.70. The lowest BCUT2D eigenvalue weighted by molar-refractivity contribution is -0.113. The number of carbonyl (C=O) groups excluding carboxylic acids is 2. The molecule has 100 valence electrons. The zero-order valence-electron chi connectivity index (χ0n) is 10.6. The Hall–Kier alpha value is -2.69. The number of rotatable bonds is 2. The number of hydrogen-bond acceptors (Lipinski definition) is 3. The number of halogens is 1. The Bertz CT molecular complexity index is 710. The lowest BCUT2D eigenvalue weighted by Gasteiger charge is -2.16. The summed E-state index contributed by atoms with van der Waals surface area (Å²) < 4.78 is 18.0. The Morgan fingerprint density at radius 3 is 2.40 bits per heavy atom. The second-order valence-corrected chi connectivity index (χ2v) is 4.33. The number of hydrogen-bond donors (Lipinski definition) is 0. The number of fused-ring (bicyclic) bond motifs is 1.